The average Bonchev–Trinajstić information content (AvgIpc) is 3.08. The number of hydrogen-bond donors (Lipinski definition) is 3. The van der Waals surface area contributed by atoms with Gasteiger partial charge in [0.25, 0.3) is 0 Å². The second-order valence-corrected chi connectivity index (χ2v) is 6.79. The molecular formula is C22H29N5O. The maximum Gasteiger partial charge on any atom is 0.239 e. The Morgan fingerprint density at radius 1 is 1.21 bits per heavy atom. The van der Waals surface area contributed by atoms with Crippen LogP contribution in [0.2, 0.25) is 0 Å². The Morgan fingerprint density at radius 2 is 2.04 bits per heavy atom. The molecule has 2 aliphatic rings. The smallest absolute Gasteiger partial charge is 0.239 e. The molecule has 0 bridgehead atoms. The summed E-state index contributed by atoms with van der Waals surface area (Å²) in [5.41, 5.74) is 10.9. The van der Waals surface area contributed by atoms with Crippen molar-refractivity contribution in [2.45, 2.75) is 32.6 Å². The Kier molecular flexibility index (Phi) is 8.34. The molecule has 2 rings (SSSR count). The molecule has 0 saturated heterocycles. The summed E-state index contributed by atoms with van der Waals surface area (Å²) in [4.78, 5) is 14.2. The highest BCUT2D eigenvalue weighted by Gasteiger charge is 2.19. The van der Waals surface area contributed by atoms with Gasteiger partial charge >= 0.3 is 0 Å². The molecule has 0 aromatic heterocycles. The Hall–Kier alpha value is -3.02. The minimum atomic E-state index is -0.0392. The van der Waals surface area contributed by atoms with Gasteiger partial charge < -0.3 is 10.2 Å². The van der Waals surface area contributed by atoms with Gasteiger partial charge in [-0.1, -0.05) is 55.9 Å². The number of carbonyl (C=O) groups excluding carboxylic acids is 1. The first-order valence-electron chi connectivity index (χ1n) is 9.65. The molecule has 6 nitrogen and oxygen atoms in total. The third-order valence-corrected chi connectivity index (χ3v) is 4.64. The van der Waals surface area contributed by atoms with Crippen LogP contribution in [0.5, 0.6) is 0 Å². The summed E-state index contributed by atoms with van der Waals surface area (Å²) < 4.78 is 0. The predicted octanol–water partition coefficient (Wildman–Crippen LogP) is 4.43. The van der Waals surface area contributed by atoms with E-state index < -0.39 is 0 Å². The highest BCUT2D eigenvalue weighted by atomic mass is 16.2. The van der Waals surface area contributed by atoms with Crippen molar-refractivity contribution in [2.75, 3.05) is 20.1 Å². The summed E-state index contributed by atoms with van der Waals surface area (Å²) in [7, 11) is 1.90. The number of carbonyl (C=O) groups is 1. The molecule has 28 heavy (non-hydrogen) atoms. The van der Waals surface area contributed by atoms with Crippen LogP contribution in [0.15, 0.2) is 76.1 Å². The maximum absolute atomic E-state index is 12.3. The molecule has 0 spiro atoms. The maximum atomic E-state index is 12.3. The molecular weight excluding hydrogens is 350 g/mol. The fourth-order valence-corrected chi connectivity index (χ4v) is 3.07. The quantitative estimate of drug-likeness (QED) is 0.252. The van der Waals surface area contributed by atoms with Crippen LogP contribution >= 0.6 is 0 Å². The van der Waals surface area contributed by atoms with E-state index in [1.165, 1.54) is 0 Å². The number of allylic oxidation sites excluding steroid dienone is 9. The van der Waals surface area contributed by atoms with Crippen LogP contribution in [0.25, 0.3) is 0 Å². The third kappa shape index (κ3) is 6.01. The summed E-state index contributed by atoms with van der Waals surface area (Å²) in [6.45, 7) is 3.05. The lowest BCUT2D eigenvalue weighted by molar-refractivity contribution is -0.121. The Balaban J connectivity index is 2.27. The first-order chi connectivity index (χ1) is 13.6. The van der Waals surface area contributed by atoms with Gasteiger partial charge in [0.05, 0.1) is 6.54 Å². The van der Waals surface area contributed by atoms with Crippen molar-refractivity contribution in [3.63, 3.8) is 0 Å². The molecule has 0 saturated carbocycles. The van der Waals surface area contributed by atoms with Crippen molar-refractivity contribution in [3.05, 3.63) is 71.0 Å². The molecule has 6 heteroatoms. The Labute approximate surface area is 167 Å². The molecule has 148 valence electrons. The van der Waals surface area contributed by atoms with Gasteiger partial charge in [-0.15, -0.1) is 5.11 Å². The molecule has 0 aliphatic heterocycles. The largest absolute Gasteiger partial charge is 0.365 e. The van der Waals surface area contributed by atoms with Gasteiger partial charge in [-0.05, 0) is 36.5 Å². The molecule has 0 aromatic rings. The molecule has 0 aromatic carbocycles. The summed E-state index contributed by atoms with van der Waals surface area (Å²) >= 11 is 0. The third-order valence-electron chi connectivity index (χ3n) is 4.64. The number of amidine groups is 1. The van der Waals surface area contributed by atoms with E-state index in [2.05, 4.69) is 35.6 Å². The van der Waals surface area contributed by atoms with Crippen molar-refractivity contribution in [1.29, 1.82) is 10.9 Å². The van der Waals surface area contributed by atoms with Crippen molar-refractivity contribution in [1.82, 2.24) is 10.2 Å². The van der Waals surface area contributed by atoms with Crippen LogP contribution in [0.1, 0.15) is 32.6 Å². The lowest BCUT2D eigenvalue weighted by Crippen LogP contribution is -2.35. The molecule has 0 unspecified atom stereocenters. The van der Waals surface area contributed by atoms with Gasteiger partial charge in [-0.2, -0.15) is 0 Å². The van der Waals surface area contributed by atoms with Gasteiger partial charge in [0.2, 0.25) is 5.91 Å². The van der Waals surface area contributed by atoms with E-state index in [1.807, 2.05) is 42.3 Å². The Morgan fingerprint density at radius 3 is 2.79 bits per heavy atom. The number of unbranched alkanes of at least 4 members (excludes halogenated alkanes) is 1. The second-order valence-electron chi connectivity index (χ2n) is 6.79. The fourth-order valence-electron chi connectivity index (χ4n) is 3.07. The summed E-state index contributed by atoms with van der Waals surface area (Å²) in [5, 5.41) is 14.1. The van der Waals surface area contributed by atoms with E-state index in [9.17, 15) is 4.79 Å². The molecule has 1 amide bonds. The molecule has 0 radical (unpaired) electrons. The molecule has 0 fully saturated rings. The zero-order chi connectivity index (χ0) is 20.4. The predicted molar refractivity (Wildman–Crippen MR) is 113 cm³/mol. The lowest BCUT2D eigenvalue weighted by atomic mass is 9.97. The first kappa shape index (κ1) is 21.3. The highest BCUT2D eigenvalue weighted by Crippen LogP contribution is 2.30. The molecule has 0 atom stereocenters. The van der Waals surface area contributed by atoms with E-state index in [4.69, 9.17) is 10.9 Å². The van der Waals surface area contributed by atoms with Crippen LogP contribution in [0, 0.1) is 10.9 Å². The number of nitrogens with zero attached hydrogens (tertiary/aromatic N) is 2. The number of rotatable bonds is 8. The van der Waals surface area contributed by atoms with Gasteiger partial charge in [-0.25, -0.2) is 5.53 Å². The zero-order valence-corrected chi connectivity index (χ0v) is 16.7. The van der Waals surface area contributed by atoms with E-state index >= 15 is 0 Å². The fraction of sp³-hybridized carbons (Fsp3) is 0.364. The lowest BCUT2D eigenvalue weighted by Gasteiger charge is -2.25. The van der Waals surface area contributed by atoms with Gasteiger partial charge in [0.1, 0.15) is 0 Å². The van der Waals surface area contributed by atoms with Crippen molar-refractivity contribution < 1.29 is 4.79 Å². The normalized spacial score (nSPS) is 16.1. The van der Waals surface area contributed by atoms with Crippen LogP contribution in [-0.2, 0) is 4.79 Å². The number of amides is 1. The Bertz CT molecular complexity index is 796. The van der Waals surface area contributed by atoms with Crippen LogP contribution < -0.4 is 5.32 Å². The first-order valence-corrected chi connectivity index (χ1v) is 9.65. The van der Waals surface area contributed by atoms with Crippen molar-refractivity contribution in [2.24, 2.45) is 5.11 Å². The van der Waals surface area contributed by atoms with E-state index in [0.29, 0.717) is 18.5 Å². The molecule has 3 N–H and O–H groups in total. The number of hydrogen-bond acceptors (Lipinski definition) is 4. The van der Waals surface area contributed by atoms with Crippen molar-refractivity contribution in [3.8, 4) is 0 Å². The summed E-state index contributed by atoms with van der Waals surface area (Å²) in [6, 6.07) is 0. The monoisotopic (exact) mass is 379 g/mol. The van der Waals surface area contributed by atoms with Crippen molar-refractivity contribution >= 4 is 11.7 Å². The number of likely N-dealkylation sites (N-methyl/N-ethyl adjacent to an activating group) is 1. The summed E-state index contributed by atoms with van der Waals surface area (Å²) in [5.74, 6) is -0.0455. The second kappa shape index (κ2) is 11.0. The van der Waals surface area contributed by atoms with E-state index in [1.54, 1.807) is 0 Å². The van der Waals surface area contributed by atoms with Gasteiger partial charge in [0, 0.05) is 24.9 Å². The van der Waals surface area contributed by atoms with E-state index in [-0.39, 0.29) is 18.3 Å². The number of nitrogens with one attached hydrogen (secondary N) is 3. The highest BCUT2D eigenvalue weighted by molar-refractivity contribution is 5.96. The minimum Gasteiger partial charge on any atom is -0.365 e. The molecule has 2 aliphatic carbocycles. The summed E-state index contributed by atoms with van der Waals surface area (Å²) in [6.07, 6.45) is 19.4. The van der Waals surface area contributed by atoms with Crippen LogP contribution in [-0.4, -0.2) is 36.8 Å². The van der Waals surface area contributed by atoms with E-state index in [0.717, 1.165) is 36.1 Å². The average molecular weight is 380 g/mol. The van der Waals surface area contributed by atoms with Crippen LogP contribution in [0.3, 0.4) is 0 Å². The zero-order valence-electron chi connectivity index (χ0n) is 16.7. The topological polar surface area (TPSA) is 92.4 Å². The standard InChI is InChI=1S/C22H29N5O/c1-3-4-15-25-21(28)16-27(2)20-14-12-18(22(23)26-24)11-13-19(20)17-9-7-5-6-8-10-17/h5-9,12-14,23-24H,3-4,10-11,15-16H2,1-2H3,(H,25,28). The van der Waals surface area contributed by atoms with Gasteiger partial charge in [-0.3, -0.25) is 10.2 Å². The minimum absolute atomic E-state index is 0.00631. The van der Waals surface area contributed by atoms with Gasteiger partial charge in [0.15, 0.2) is 5.84 Å². The SMILES string of the molecule is CCCCNC(=O)CN(C)C1=CC=C(C(=N)N=N)CC=C1C1=CC=CC=CC1. The van der Waals surface area contributed by atoms with Crippen LogP contribution in [0.4, 0.5) is 0 Å². The molecule has 0 heterocycles.